The molecule has 0 amide bonds. The van der Waals surface area contributed by atoms with Crippen LogP contribution >= 0.6 is 15.9 Å². The van der Waals surface area contributed by atoms with Crippen molar-refractivity contribution in [2.45, 2.75) is 19.9 Å². The number of halogens is 1. The predicted octanol–water partition coefficient (Wildman–Crippen LogP) is 4.12. The number of aliphatic carboxylic acids is 1. The molecule has 4 heteroatoms. The van der Waals surface area contributed by atoms with E-state index in [2.05, 4.69) is 21.2 Å². The zero-order chi connectivity index (χ0) is 14.0. The molecule has 0 aliphatic carbocycles. The van der Waals surface area contributed by atoms with Crippen LogP contribution in [0.15, 0.2) is 40.9 Å². The summed E-state index contributed by atoms with van der Waals surface area (Å²) in [6.07, 6.45) is 0. The van der Waals surface area contributed by atoms with Crippen molar-refractivity contribution in [1.82, 2.24) is 0 Å². The van der Waals surface area contributed by atoms with E-state index in [4.69, 9.17) is 0 Å². The molecular weight excluding hydrogens is 306 g/mol. The molecular formula is C15H16BrNO2. The van der Waals surface area contributed by atoms with Crippen molar-refractivity contribution in [2.75, 3.05) is 5.32 Å². The van der Waals surface area contributed by atoms with E-state index in [1.165, 1.54) is 0 Å². The second-order valence-corrected chi connectivity index (χ2v) is 5.70. The zero-order valence-corrected chi connectivity index (χ0v) is 12.4. The highest BCUT2D eigenvalue weighted by atomic mass is 79.9. The molecule has 0 radical (unpaired) electrons. The van der Waals surface area contributed by atoms with Crippen LogP contribution in [0.3, 0.4) is 0 Å². The van der Waals surface area contributed by atoms with Gasteiger partial charge >= 0.3 is 5.97 Å². The van der Waals surface area contributed by atoms with Crippen molar-refractivity contribution in [3.8, 4) is 0 Å². The van der Waals surface area contributed by atoms with Crippen molar-refractivity contribution in [3.05, 3.63) is 40.9 Å². The van der Waals surface area contributed by atoms with Gasteiger partial charge in [-0.3, -0.25) is 0 Å². The van der Waals surface area contributed by atoms with Gasteiger partial charge in [0.1, 0.15) is 6.04 Å². The SMILES string of the molecule is CC(C)C(Nc1ccc(Br)c2ccccc12)C(=O)O. The third kappa shape index (κ3) is 2.89. The number of hydrogen-bond donors (Lipinski definition) is 2. The summed E-state index contributed by atoms with van der Waals surface area (Å²) in [4.78, 5) is 11.3. The number of fused-ring (bicyclic) bond motifs is 1. The molecule has 0 aliphatic heterocycles. The van der Waals surface area contributed by atoms with Gasteiger partial charge in [-0.05, 0) is 23.4 Å². The summed E-state index contributed by atoms with van der Waals surface area (Å²) in [6, 6.07) is 11.2. The van der Waals surface area contributed by atoms with E-state index in [0.29, 0.717) is 0 Å². The first-order valence-corrected chi connectivity index (χ1v) is 6.96. The van der Waals surface area contributed by atoms with E-state index in [9.17, 15) is 9.90 Å². The quantitative estimate of drug-likeness (QED) is 0.890. The van der Waals surface area contributed by atoms with Crippen LogP contribution in [0.4, 0.5) is 5.69 Å². The van der Waals surface area contributed by atoms with Gasteiger partial charge in [-0.15, -0.1) is 0 Å². The van der Waals surface area contributed by atoms with Crippen molar-refractivity contribution in [1.29, 1.82) is 0 Å². The molecule has 0 aliphatic rings. The minimum absolute atomic E-state index is 0.0138. The molecule has 0 saturated carbocycles. The second-order valence-electron chi connectivity index (χ2n) is 4.84. The highest BCUT2D eigenvalue weighted by molar-refractivity contribution is 9.10. The lowest BCUT2D eigenvalue weighted by molar-refractivity contribution is -0.138. The number of nitrogens with one attached hydrogen (secondary N) is 1. The van der Waals surface area contributed by atoms with Crippen LogP contribution in [0.1, 0.15) is 13.8 Å². The van der Waals surface area contributed by atoms with E-state index in [1.54, 1.807) is 0 Å². The normalized spacial score (nSPS) is 12.6. The number of carboxylic acids is 1. The molecule has 2 N–H and O–H groups in total. The van der Waals surface area contributed by atoms with Gasteiger partial charge in [0.2, 0.25) is 0 Å². The van der Waals surface area contributed by atoms with Gasteiger partial charge < -0.3 is 10.4 Å². The second kappa shape index (κ2) is 5.61. The van der Waals surface area contributed by atoms with Crippen LogP contribution in [-0.4, -0.2) is 17.1 Å². The molecule has 2 rings (SSSR count). The molecule has 0 bridgehead atoms. The molecule has 19 heavy (non-hydrogen) atoms. The first-order valence-electron chi connectivity index (χ1n) is 6.17. The summed E-state index contributed by atoms with van der Waals surface area (Å²) < 4.78 is 1.00. The van der Waals surface area contributed by atoms with E-state index in [0.717, 1.165) is 20.9 Å². The number of benzene rings is 2. The molecule has 0 heterocycles. The molecule has 2 aromatic carbocycles. The topological polar surface area (TPSA) is 49.3 Å². The molecule has 100 valence electrons. The number of rotatable bonds is 4. The Hall–Kier alpha value is -1.55. The Morgan fingerprint density at radius 1 is 1.16 bits per heavy atom. The smallest absolute Gasteiger partial charge is 0.326 e. The lowest BCUT2D eigenvalue weighted by Gasteiger charge is -2.20. The van der Waals surface area contributed by atoms with E-state index >= 15 is 0 Å². The molecule has 1 unspecified atom stereocenters. The van der Waals surface area contributed by atoms with Crippen LogP contribution in [0.25, 0.3) is 10.8 Å². The highest BCUT2D eigenvalue weighted by Gasteiger charge is 2.21. The van der Waals surface area contributed by atoms with Crippen molar-refractivity contribution in [3.63, 3.8) is 0 Å². The van der Waals surface area contributed by atoms with Crippen LogP contribution < -0.4 is 5.32 Å². The summed E-state index contributed by atoms with van der Waals surface area (Å²) in [5, 5.41) is 14.5. The zero-order valence-electron chi connectivity index (χ0n) is 10.9. The van der Waals surface area contributed by atoms with Crippen LogP contribution in [0.2, 0.25) is 0 Å². The Balaban J connectivity index is 2.46. The number of anilines is 1. The molecule has 0 spiro atoms. The van der Waals surface area contributed by atoms with Crippen LogP contribution in [0.5, 0.6) is 0 Å². The van der Waals surface area contributed by atoms with Crippen molar-refractivity contribution < 1.29 is 9.90 Å². The molecule has 1 atom stereocenters. The number of carbonyl (C=O) groups is 1. The number of hydrogen-bond acceptors (Lipinski definition) is 2. The maximum absolute atomic E-state index is 11.3. The third-order valence-electron chi connectivity index (χ3n) is 3.11. The van der Waals surface area contributed by atoms with Gasteiger partial charge in [0, 0.05) is 15.5 Å². The fourth-order valence-electron chi connectivity index (χ4n) is 2.07. The Labute approximate surface area is 120 Å². The van der Waals surface area contributed by atoms with Gasteiger partial charge in [-0.25, -0.2) is 4.79 Å². The first kappa shape index (κ1) is 13.9. The van der Waals surface area contributed by atoms with Crippen molar-refractivity contribution in [2.24, 2.45) is 5.92 Å². The van der Waals surface area contributed by atoms with Crippen LogP contribution in [-0.2, 0) is 4.79 Å². The molecule has 2 aromatic rings. The lowest BCUT2D eigenvalue weighted by atomic mass is 10.0. The Morgan fingerprint density at radius 3 is 2.37 bits per heavy atom. The summed E-state index contributed by atoms with van der Waals surface area (Å²) in [5.41, 5.74) is 0.847. The van der Waals surface area contributed by atoms with Crippen LogP contribution in [0, 0.1) is 5.92 Å². The minimum Gasteiger partial charge on any atom is -0.480 e. The molecule has 0 saturated heterocycles. The third-order valence-corrected chi connectivity index (χ3v) is 3.81. The monoisotopic (exact) mass is 321 g/mol. The van der Waals surface area contributed by atoms with E-state index < -0.39 is 12.0 Å². The average molecular weight is 322 g/mol. The van der Waals surface area contributed by atoms with Crippen molar-refractivity contribution >= 4 is 38.4 Å². The predicted molar refractivity (Wildman–Crippen MR) is 81.5 cm³/mol. The standard InChI is InChI=1S/C15H16BrNO2/c1-9(2)14(15(18)19)17-13-8-7-12(16)10-5-3-4-6-11(10)13/h3-9,14,17H,1-2H3,(H,18,19). The highest BCUT2D eigenvalue weighted by Crippen LogP contribution is 2.30. The fraction of sp³-hybridized carbons (Fsp3) is 0.267. The molecule has 3 nitrogen and oxygen atoms in total. The maximum Gasteiger partial charge on any atom is 0.326 e. The first-order chi connectivity index (χ1) is 9.00. The molecule has 0 aromatic heterocycles. The summed E-state index contributed by atoms with van der Waals surface area (Å²) in [5.74, 6) is -0.818. The van der Waals surface area contributed by atoms with E-state index in [-0.39, 0.29) is 5.92 Å². The Morgan fingerprint density at radius 2 is 1.79 bits per heavy atom. The average Bonchev–Trinajstić information content (AvgIpc) is 2.37. The lowest BCUT2D eigenvalue weighted by Crippen LogP contribution is -2.34. The maximum atomic E-state index is 11.3. The minimum atomic E-state index is -0.831. The summed E-state index contributed by atoms with van der Waals surface area (Å²) in [7, 11) is 0. The van der Waals surface area contributed by atoms with Gasteiger partial charge in [-0.1, -0.05) is 54.0 Å². The Kier molecular flexibility index (Phi) is 4.10. The van der Waals surface area contributed by atoms with Gasteiger partial charge in [-0.2, -0.15) is 0 Å². The fourth-order valence-corrected chi connectivity index (χ4v) is 2.55. The number of carboxylic acid groups (broad SMARTS) is 1. The summed E-state index contributed by atoms with van der Waals surface area (Å²) >= 11 is 3.51. The largest absolute Gasteiger partial charge is 0.480 e. The Bertz CT molecular complexity index is 610. The van der Waals surface area contributed by atoms with Gasteiger partial charge in [0.15, 0.2) is 0 Å². The molecule has 0 fully saturated rings. The van der Waals surface area contributed by atoms with E-state index in [1.807, 2.05) is 50.2 Å². The summed E-state index contributed by atoms with van der Waals surface area (Å²) in [6.45, 7) is 3.79. The van der Waals surface area contributed by atoms with Gasteiger partial charge in [0.05, 0.1) is 0 Å². The van der Waals surface area contributed by atoms with Gasteiger partial charge in [0.25, 0.3) is 0 Å².